The van der Waals surface area contributed by atoms with Crippen molar-refractivity contribution in [2.45, 2.75) is 59.0 Å². The van der Waals surface area contributed by atoms with Crippen LogP contribution in [-0.2, 0) is 0 Å². The molecule has 6 nitrogen and oxygen atoms in total. The molecule has 0 radical (unpaired) electrons. The first-order valence-electron chi connectivity index (χ1n) is 8.33. The number of hydrogen-bond acceptors (Lipinski definition) is 4. The summed E-state index contributed by atoms with van der Waals surface area (Å²) in [6.45, 7) is 8.55. The number of aromatic nitrogens is 3. The standard InChI is InChI=1S/C17H27N5O/c1-5-6-7-14(9-18)21-17(23)15-8-13-10-19-22(11(2)3)16(13)20-12(15)4/h8,10-11,14H,5-7,9,18H2,1-4H3,(H,21,23). The number of pyridine rings is 1. The van der Waals surface area contributed by atoms with Crippen LogP contribution in [0.1, 0.15) is 62.1 Å². The molecule has 0 saturated carbocycles. The maximum atomic E-state index is 12.5. The fourth-order valence-corrected chi connectivity index (χ4v) is 2.64. The number of amides is 1. The first-order valence-corrected chi connectivity index (χ1v) is 8.33. The van der Waals surface area contributed by atoms with Crippen molar-refractivity contribution in [3.8, 4) is 0 Å². The molecule has 2 rings (SSSR count). The molecule has 0 aromatic carbocycles. The van der Waals surface area contributed by atoms with Crippen molar-refractivity contribution in [3.63, 3.8) is 0 Å². The van der Waals surface area contributed by atoms with Gasteiger partial charge in [-0.25, -0.2) is 9.67 Å². The van der Waals surface area contributed by atoms with E-state index in [0.717, 1.165) is 30.3 Å². The fourth-order valence-electron chi connectivity index (χ4n) is 2.64. The van der Waals surface area contributed by atoms with Crippen LogP contribution in [0.2, 0.25) is 0 Å². The SMILES string of the molecule is CCCCC(CN)NC(=O)c1cc2cnn(C(C)C)c2nc1C. The molecular formula is C17H27N5O. The van der Waals surface area contributed by atoms with Gasteiger partial charge in [0.25, 0.3) is 5.91 Å². The van der Waals surface area contributed by atoms with Crippen molar-refractivity contribution in [3.05, 3.63) is 23.5 Å². The molecule has 2 heterocycles. The molecule has 0 bridgehead atoms. The average molecular weight is 317 g/mol. The van der Waals surface area contributed by atoms with E-state index in [0.29, 0.717) is 17.8 Å². The summed E-state index contributed by atoms with van der Waals surface area (Å²) in [5, 5.41) is 8.26. The first kappa shape index (κ1) is 17.4. The van der Waals surface area contributed by atoms with Gasteiger partial charge in [0, 0.05) is 24.0 Å². The van der Waals surface area contributed by atoms with Gasteiger partial charge in [0.2, 0.25) is 0 Å². The zero-order valence-corrected chi connectivity index (χ0v) is 14.5. The van der Waals surface area contributed by atoms with Crippen molar-refractivity contribution >= 4 is 16.9 Å². The molecule has 1 atom stereocenters. The summed E-state index contributed by atoms with van der Waals surface area (Å²) >= 11 is 0. The van der Waals surface area contributed by atoms with E-state index >= 15 is 0 Å². The van der Waals surface area contributed by atoms with Crippen LogP contribution in [0, 0.1) is 6.92 Å². The van der Waals surface area contributed by atoms with Crippen LogP contribution in [-0.4, -0.2) is 33.3 Å². The van der Waals surface area contributed by atoms with E-state index in [1.165, 1.54) is 0 Å². The summed E-state index contributed by atoms with van der Waals surface area (Å²) in [7, 11) is 0. The van der Waals surface area contributed by atoms with Crippen LogP contribution >= 0.6 is 0 Å². The third-order valence-electron chi connectivity index (χ3n) is 4.02. The molecule has 0 saturated heterocycles. The number of unbranched alkanes of at least 4 members (excludes halogenated alkanes) is 1. The highest BCUT2D eigenvalue weighted by molar-refractivity contribution is 5.98. The van der Waals surface area contributed by atoms with Gasteiger partial charge in [-0.1, -0.05) is 19.8 Å². The van der Waals surface area contributed by atoms with Gasteiger partial charge in [0.1, 0.15) is 0 Å². The lowest BCUT2D eigenvalue weighted by Gasteiger charge is -2.17. The van der Waals surface area contributed by atoms with Crippen LogP contribution < -0.4 is 11.1 Å². The minimum atomic E-state index is -0.110. The topological polar surface area (TPSA) is 85.8 Å². The van der Waals surface area contributed by atoms with Crippen molar-refractivity contribution in [2.75, 3.05) is 6.54 Å². The van der Waals surface area contributed by atoms with Crippen LogP contribution in [0.15, 0.2) is 12.3 Å². The second-order valence-electron chi connectivity index (χ2n) is 6.27. The van der Waals surface area contributed by atoms with Crippen molar-refractivity contribution in [1.82, 2.24) is 20.1 Å². The van der Waals surface area contributed by atoms with E-state index in [2.05, 4.69) is 36.2 Å². The van der Waals surface area contributed by atoms with E-state index in [1.807, 2.05) is 17.7 Å². The molecule has 0 aliphatic rings. The Labute approximate surface area is 137 Å². The Kier molecular flexibility index (Phi) is 5.71. The Balaban J connectivity index is 2.25. The minimum absolute atomic E-state index is 0.0101. The van der Waals surface area contributed by atoms with Gasteiger partial charge in [-0.05, 0) is 33.3 Å². The Bertz CT molecular complexity index is 677. The third kappa shape index (κ3) is 3.88. The van der Waals surface area contributed by atoms with Gasteiger partial charge < -0.3 is 11.1 Å². The molecule has 126 valence electrons. The van der Waals surface area contributed by atoms with Gasteiger partial charge >= 0.3 is 0 Å². The molecule has 3 N–H and O–H groups in total. The highest BCUT2D eigenvalue weighted by Crippen LogP contribution is 2.19. The second-order valence-corrected chi connectivity index (χ2v) is 6.27. The first-order chi connectivity index (χ1) is 11.0. The predicted molar refractivity (Wildman–Crippen MR) is 92.5 cm³/mol. The number of nitrogens with zero attached hydrogens (tertiary/aromatic N) is 3. The summed E-state index contributed by atoms with van der Waals surface area (Å²) < 4.78 is 1.87. The highest BCUT2D eigenvalue weighted by atomic mass is 16.1. The van der Waals surface area contributed by atoms with Crippen molar-refractivity contribution in [2.24, 2.45) is 5.73 Å². The Hall–Kier alpha value is -1.95. The van der Waals surface area contributed by atoms with Gasteiger partial charge in [-0.15, -0.1) is 0 Å². The molecule has 2 aromatic rings. The summed E-state index contributed by atoms with van der Waals surface area (Å²) in [6.07, 6.45) is 4.81. The molecular weight excluding hydrogens is 290 g/mol. The van der Waals surface area contributed by atoms with Crippen LogP contribution in [0.3, 0.4) is 0 Å². The Morgan fingerprint density at radius 2 is 2.17 bits per heavy atom. The molecule has 0 spiro atoms. The molecule has 2 aromatic heterocycles. The van der Waals surface area contributed by atoms with Gasteiger partial charge in [-0.2, -0.15) is 5.10 Å². The molecule has 0 aliphatic carbocycles. The van der Waals surface area contributed by atoms with Gasteiger partial charge in [0.05, 0.1) is 17.5 Å². The lowest BCUT2D eigenvalue weighted by atomic mass is 10.1. The van der Waals surface area contributed by atoms with E-state index in [1.54, 1.807) is 6.20 Å². The molecule has 0 aliphatic heterocycles. The average Bonchev–Trinajstić information content (AvgIpc) is 2.93. The number of rotatable bonds is 7. The van der Waals surface area contributed by atoms with Crippen molar-refractivity contribution in [1.29, 1.82) is 0 Å². The predicted octanol–water partition coefficient (Wildman–Crippen LogP) is 2.57. The Morgan fingerprint density at radius 3 is 2.78 bits per heavy atom. The zero-order chi connectivity index (χ0) is 17.0. The summed E-state index contributed by atoms with van der Waals surface area (Å²) in [5.41, 5.74) is 7.88. The second kappa shape index (κ2) is 7.55. The van der Waals surface area contributed by atoms with E-state index < -0.39 is 0 Å². The minimum Gasteiger partial charge on any atom is -0.348 e. The number of nitrogens with two attached hydrogens (primary N) is 1. The number of carbonyl (C=O) groups is 1. The molecule has 23 heavy (non-hydrogen) atoms. The van der Waals surface area contributed by atoms with Gasteiger partial charge in [-0.3, -0.25) is 4.79 Å². The van der Waals surface area contributed by atoms with Crippen LogP contribution in [0.4, 0.5) is 0 Å². The van der Waals surface area contributed by atoms with Crippen LogP contribution in [0.25, 0.3) is 11.0 Å². The van der Waals surface area contributed by atoms with E-state index in [-0.39, 0.29) is 18.0 Å². The van der Waals surface area contributed by atoms with Crippen molar-refractivity contribution < 1.29 is 4.79 Å². The highest BCUT2D eigenvalue weighted by Gasteiger charge is 2.17. The summed E-state index contributed by atoms with van der Waals surface area (Å²) in [6, 6.07) is 2.11. The maximum absolute atomic E-state index is 12.5. The molecule has 1 unspecified atom stereocenters. The zero-order valence-electron chi connectivity index (χ0n) is 14.5. The largest absolute Gasteiger partial charge is 0.348 e. The molecule has 0 fully saturated rings. The number of nitrogens with one attached hydrogen (secondary N) is 1. The number of carbonyl (C=O) groups excluding carboxylic acids is 1. The number of aryl methyl sites for hydroxylation is 1. The number of hydrogen-bond donors (Lipinski definition) is 2. The number of fused-ring (bicyclic) bond motifs is 1. The fraction of sp³-hybridized carbons (Fsp3) is 0.588. The lowest BCUT2D eigenvalue weighted by Crippen LogP contribution is -2.40. The molecule has 6 heteroatoms. The molecule has 1 amide bonds. The van der Waals surface area contributed by atoms with E-state index in [4.69, 9.17) is 5.73 Å². The summed E-state index contributed by atoms with van der Waals surface area (Å²) in [4.78, 5) is 17.1. The van der Waals surface area contributed by atoms with E-state index in [9.17, 15) is 4.79 Å². The van der Waals surface area contributed by atoms with Gasteiger partial charge in [0.15, 0.2) is 5.65 Å². The lowest BCUT2D eigenvalue weighted by molar-refractivity contribution is 0.0935. The van der Waals surface area contributed by atoms with Crippen LogP contribution in [0.5, 0.6) is 0 Å². The third-order valence-corrected chi connectivity index (χ3v) is 4.02. The quantitative estimate of drug-likeness (QED) is 0.822. The summed E-state index contributed by atoms with van der Waals surface area (Å²) in [5.74, 6) is -0.110. The maximum Gasteiger partial charge on any atom is 0.253 e. The normalized spacial score (nSPS) is 12.8. The monoisotopic (exact) mass is 317 g/mol. The Morgan fingerprint density at radius 1 is 1.43 bits per heavy atom. The smallest absolute Gasteiger partial charge is 0.253 e.